The molecule has 0 unspecified atom stereocenters. The summed E-state index contributed by atoms with van der Waals surface area (Å²) in [5.74, 6) is -1.91. The van der Waals surface area contributed by atoms with Gasteiger partial charge in [0.2, 0.25) is 17.6 Å². The summed E-state index contributed by atoms with van der Waals surface area (Å²) in [5, 5.41) is 17.6. The molecular weight excluding hydrogens is 365 g/mol. The molecule has 2 amide bonds. The van der Waals surface area contributed by atoms with E-state index in [0.717, 1.165) is 28.5 Å². The number of nitrogens with zero attached hydrogens (tertiary/aromatic N) is 1. The van der Waals surface area contributed by atoms with Crippen molar-refractivity contribution in [2.24, 2.45) is 0 Å². The van der Waals surface area contributed by atoms with Gasteiger partial charge in [-0.05, 0) is 28.5 Å². The van der Waals surface area contributed by atoms with E-state index in [4.69, 9.17) is 0 Å². The molecule has 0 saturated carbocycles. The predicted molar refractivity (Wildman–Crippen MR) is 102 cm³/mol. The summed E-state index contributed by atoms with van der Waals surface area (Å²) in [6, 6.07) is 16.4. The number of anilines is 1. The van der Waals surface area contributed by atoms with E-state index in [-0.39, 0.29) is 24.6 Å². The maximum atomic E-state index is 13.3. The van der Waals surface area contributed by atoms with Crippen molar-refractivity contribution >= 4 is 34.0 Å². The molecule has 3 aromatic carbocycles. The molecule has 3 rings (SSSR count). The molecule has 0 saturated heterocycles. The third kappa shape index (κ3) is 4.47. The largest absolute Gasteiger partial charge is 0.347 e. The van der Waals surface area contributed by atoms with Gasteiger partial charge in [0.05, 0.1) is 17.9 Å². The molecule has 28 heavy (non-hydrogen) atoms. The van der Waals surface area contributed by atoms with Gasteiger partial charge in [0.15, 0.2) is 0 Å². The van der Waals surface area contributed by atoms with Gasteiger partial charge in [-0.15, -0.1) is 0 Å². The molecule has 0 heterocycles. The van der Waals surface area contributed by atoms with Crippen molar-refractivity contribution < 1.29 is 18.9 Å². The molecule has 8 heteroatoms. The summed E-state index contributed by atoms with van der Waals surface area (Å²) >= 11 is 0. The van der Waals surface area contributed by atoms with Crippen molar-refractivity contribution in [2.75, 3.05) is 11.9 Å². The van der Waals surface area contributed by atoms with E-state index in [1.54, 1.807) is 0 Å². The molecule has 0 fully saturated rings. The van der Waals surface area contributed by atoms with Gasteiger partial charge in [0.1, 0.15) is 0 Å². The number of fused-ring (bicyclic) bond motifs is 1. The minimum Gasteiger partial charge on any atom is -0.347 e. The third-order valence-electron chi connectivity index (χ3n) is 4.10. The number of halogens is 1. The monoisotopic (exact) mass is 381 g/mol. The van der Waals surface area contributed by atoms with Gasteiger partial charge in [0, 0.05) is 11.8 Å². The SMILES string of the molecule is O=C(Cc1cccc2ccccc12)NCC(=O)Nc1ccc(F)c([N+](=O)[O-])c1. The third-order valence-corrected chi connectivity index (χ3v) is 4.10. The van der Waals surface area contributed by atoms with Crippen LogP contribution in [0.15, 0.2) is 60.7 Å². The van der Waals surface area contributed by atoms with Crippen molar-refractivity contribution in [3.8, 4) is 0 Å². The Bertz CT molecular complexity index is 1060. The molecule has 3 aromatic rings. The molecule has 142 valence electrons. The van der Waals surface area contributed by atoms with Crippen molar-refractivity contribution in [1.29, 1.82) is 0 Å². The first-order valence-electron chi connectivity index (χ1n) is 8.41. The van der Waals surface area contributed by atoms with Gasteiger partial charge in [-0.2, -0.15) is 4.39 Å². The second-order valence-corrected chi connectivity index (χ2v) is 6.06. The standard InChI is InChI=1S/C20H16FN3O4/c21-17-9-8-15(11-18(17)24(27)28)23-20(26)12-22-19(25)10-14-6-3-5-13-4-1-2-7-16(13)14/h1-9,11H,10,12H2,(H,22,25)(H,23,26). The second kappa shape index (κ2) is 8.26. The molecule has 0 aliphatic rings. The molecule has 0 atom stereocenters. The fourth-order valence-corrected chi connectivity index (χ4v) is 2.80. The van der Waals surface area contributed by atoms with Crippen molar-refractivity contribution in [3.05, 3.63) is 82.2 Å². The van der Waals surface area contributed by atoms with Crippen LogP contribution >= 0.6 is 0 Å². The number of nitro benzene ring substituents is 1. The zero-order valence-electron chi connectivity index (χ0n) is 14.6. The Morgan fingerprint density at radius 3 is 2.54 bits per heavy atom. The lowest BCUT2D eigenvalue weighted by Gasteiger charge is -2.09. The molecule has 0 aliphatic heterocycles. The van der Waals surface area contributed by atoms with E-state index in [0.29, 0.717) is 0 Å². The average molecular weight is 381 g/mol. The van der Waals surface area contributed by atoms with E-state index in [1.165, 1.54) is 6.07 Å². The highest BCUT2D eigenvalue weighted by atomic mass is 19.1. The van der Waals surface area contributed by atoms with E-state index in [9.17, 15) is 24.1 Å². The van der Waals surface area contributed by atoms with Gasteiger partial charge >= 0.3 is 5.69 Å². The Morgan fingerprint density at radius 1 is 1.00 bits per heavy atom. The summed E-state index contributed by atoms with van der Waals surface area (Å²) in [5.41, 5.74) is 0.171. The number of amides is 2. The Hall–Kier alpha value is -3.81. The van der Waals surface area contributed by atoms with Crippen molar-refractivity contribution in [1.82, 2.24) is 5.32 Å². The first kappa shape index (κ1) is 19.0. The summed E-state index contributed by atoms with van der Waals surface area (Å²) in [6.45, 7) is -0.311. The fourth-order valence-electron chi connectivity index (χ4n) is 2.80. The first-order valence-corrected chi connectivity index (χ1v) is 8.41. The summed E-state index contributed by atoms with van der Waals surface area (Å²) in [7, 11) is 0. The first-order chi connectivity index (χ1) is 13.4. The topological polar surface area (TPSA) is 101 Å². The van der Waals surface area contributed by atoms with Gasteiger partial charge in [-0.3, -0.25) is 19.7 Å². The van der Waals surface area contributed by atoms with Crippen molar-refractivity contribution in [3.63, 3.8) is 0 Å². The molecule has 0 aliphatic carbocycles. The molecule has 0 spiro atoms. The average Bonchev–Trinajstić information content (AvgIpc) is 2.68. The Labute approximate surface area is 159 Å². The number of rotatable bonds is 6. The maximum absolute atomic E-state index is 13.3. The van der Waals surface area contributed by atoms with E-state index < -0.39 is 22.3 Å². The number of carbonyl (C=O) groups excluding carboxylic acids is 2. The zero-order valence-corrected chi connectivity index (χ0v) is 14.6. The normalized spacial score (nSPS) is 10.5. The van der Waals surface area contributed by atoms with Crippen LogP contribution in [-0.2, 0) is 16.0 Å². The highest BCUT2D eigenvalue weighted by molar-refractivity contribution is 5.96. The molecule has 0 bridgehead atoms. The second-order valence-electron chi connectivity index (χ2n) is 6.06. The van der Waals surface area contributed by atoms with Gasteiger partial charge < -0.3 is 10.6 Å². The molecular formula is C20H16FN3O4. The van der Waals surface area contributed by atoms with E-state index in [1.807, 2.05) is 42.5 Å². The fraction of sp³-hybridized carbons (Fsp3) is 0.100. The quantitative estimate of drug-likeness (QED) is 0.506. The number of nitrogens with one attached hydrogen (secondary N) is 2. The van der Waals surface area contributed by atoms with Crippen LogP contribution in [0.5, 0.6) is 0 Å². The number of carbonyl (C=O) groups is 2. The smallest absolute Gasteiger partial charge is 0.306 e. The van der Waals surface area contributed by atoms with Crippen LogP contribution in [0, 0.1) is 15.9 Å². The van der Waals surface area contributed by atoms with Gasteiger partial charge in [-0.25, -0.2) is 0 Å². The van der Waals surface area contributed by atoms with Crippen LogP contribution in [0.2, 0.25) is 0 Å². The highest BCUT2D eigenvalue weighted by Gasteiger charge is 2.15. The summed E-state index contributed by atoms with van der Waals surface area (Å²) in [4.78, 5) is 34.0. The van der Waals surface area contributed by atoms with Crippen molar-refractivity contribution in [2.45, 2.75) is 6.42 Å². The Kier molecular flexibility index (Phi) is 5.59. The highest BCUT2D eigenvalue weighted by Crippen LogP contribution is 2.21. The molecule has 0 radical (unpaired) electrons. The minimum absolute atomic E-state index is 0.0707. The number of hydrogen-bond donors (Lipinski definition) is 2. The van der Waals surface area contributed by atoms with Crippen LogP contribution in [-0.4, -0.2) is 23.3 Å². The molecule has 2 N–H and O–H groups in total. The van der Waals surface area contributed by atoms with E-state index in [2.05, 4.69) is 10.6 Å². The molecule has 7 nitrogen and oxygen atoms in total. The van der Waals surface area contributed by atoms with Crippen LogP contribution in [0.1, 0.15) is 5.56 Å². The van der Waals surface area contributed by atoms with Gasteiger partial charge in [-0.1, -0.05) is 42.5 Å². The zero-order chi connectivity index (χ0) is 20.1. The van der Waals surface area contributed by atoms with Crippen LogP contribution in [0.25, 0.3) is 10.8 Å². The lowest BCUT2D eigenvalue weighted by Crippen LogP contribution is -2.33. The minimum atomic E-state index is -0.994. The summed E-state index contributed by atoms with van der Waals surface area (Å²) in [6.07, 6.45) is 0.108. The maximum Gasteiger partial charge on any atom is 0.306 e. The van der Waals surface area contributed by atoms with Gasteiger partial charge in [0.25, 0.3) is 0 Å². The number of nitro groups is 1. The van der Waals surface area contributed by atoms with Crippen LogP contribution in [0.3, 0.4) is 0 Å². The van der Waals surface area contributed by atoms with Crippen LogP contribution < -0.4 is 10.6 Å². The lowest BCUT2D eigenvalue weighted by atomic mass is 10.0. The summed E-state index contributed by atoms with van der Waals surface area (Å²) < 4.78 is 13.3. The molecule has 0 aromatic heterocycles. The predicted octanol–water partition coefficient (Wildman–Crippen LogP) is 3.18. The Morgan fingerprint density at radius 2 is 1.75 bits per heavy atom. The number of hydrogen-bond acceptors (Lipinski definition) is 4. The Balaban J connectivity index is 1.58. The number of benzene rings is 3. The van der Waals surface area contributed by atoms with E-state index >= 15 is 0 Å². The lowest BCUT2D eigenvalue weighted by molar-refractivity contribution is -0.387. The van der Waals surface area contributed by atoms with Crippen LogP contribution in [0.4, 0.5) is 15.8 Å².